The Kier molecular flexibility index (Phi) is 4.83. The molecule has 0 bridgehead atoms. The molecule has 100 valence electrons. The van der Waals surface area contributed by atoms with E-state index < -0.39 is 0 Å². The number of piperazine rings is 1. The minimum absolute atomic E-state index is 0.723. The molecular formula is C14H29N3. The van der Waals surface area contributed by atoms with E-state index in [2.05, 4.69) is 35.6 Å². The van der Waals surface area contributed by atoms with Gasteiger partial charge in [-0.25, -0.2) is 0 Å². The molecule has 0 amide bonds. The van der Waals surface area contributed by atoms with Crippen LogP contribution in [-0.4, -0.2) is 73.6 Å². The van der Waals surface area contributed by atoms with Crippen molar-refractivity contribution in [3.8, 4) is 0 Å². The van der Waals surface area contributed by atoms with Crippen LogP contribution in [0.15, 0.2) is 0 Å². The van der Waals surface area contributed by atoms with Crippen molar-refractivity contribution < 1.29 is 0 Å². The van der Waals surface area contributed by atoms with Gasteiger partial charge >= 0.3 is 0 Å². The van der Waals surface area contributed by atoms with Crippen molar-refractivity contribution in [3.05, 3.63) is 0 Å². The lowest BCUT2D eigenvalue weighted by Crippen LogP contribution is -2.49. The van der Waals surface area contributed by atoms with Crippen LogP contribution in [-0.2, 0) is 0 Å². The minimum Gasteiger partial charge on any atom is -0.306 e. The normalized spacial score (nSPS) is 29.3. The van der Waals surface area contributed by atoms with Crippen molar-refractivity contribution >= 4 is 0 Å². The number of hydrogen-bond acceptors (Lipinski definition) is 3. The zero-order valence-corrected chi connectivity index (χ0v) is 11.9. The predicted octanol–water partition coefficient (Wildman–Crippen LogP) is 1.35. The van der Waals surface area contributed by atoms with Crippen molar-refractivity contribution in [2.75, 3.05) is 52.9 Å². The highest BCUT2D eigenvalue weighted by Crippen LogP contribution is 2.18. The van der Waals surface area contributed by atoms with Crippen LogP contribution in [0.5, 0.6) is 0 Å². The molecule has 0 aromatic carbocycles. The van der Waals surface area contributed by atoms with E-state index in [1.165, 1.54) is 58.7 Å². The third-order valence-corrected chi connectivity index (χ3v) is 4.48. The molecule has 2 saturated heterocycles. The maximum Gasteiger partial charge on any atom is 0.0113 e. The molecule has 2 heterocycles. The molecule has 2 aliphatic rings. The second-order valence-corrected chi connectivity index (χ2v) is 6.18. The van der Waals surface area contributed by atoms with E-state index in [4.69, 9.17) is 0 Å². The van der Waals surface area contributed by atoms with Crippen LogP contribution in [0.4, 0.5) is 0 Å². The van der Waals surface area contributed by atoms with E-state index in [9.17, 15) is 0 Å². The molecule has 2 aliphatic heterocycles. The third kappa shape index (κ3) is 3.94. The van der Waals surface area contributed by atoms with Crippen LogP contribution in [0.2, 0.25) is 0 Å². The van der Waals surface area contributed by atoms with Crippen LogP contribution in [0.25, 0.3) is 0 Å². The SMILES string of the molecule is CC(C)N1CCN(CCC2CCN(C)C2)CC1. The summed E-state index contributed by atoms with van der Waals surface area (Å²) in [7, 11) is 2.25. The van der Waals surface area contributed by atoms with E-state index in [0.29, 0.717) is 0 Å². The average Bonchev–Trinajstić information content (AvgIpc) is 2.73. The molecule has 1 atom stereocenters. The van der Waals surface area contributed by atoms with E-state index in [1.54, 1.807) is 0 Å². The maximum absolute atomic E-state index is 2.66. The van der Waals surface area contributed by atoms with Crippen LogP contribution in [0.3, 0.4) is 0 Å². The molecule has 0 radical (unpaired) electrons. The highest BCUT2D eigenvalue weighted by atomic mass is 15.3. The molecule has 0 aromatic heterocycles. The van der Waals surface area contributed by atoms with Gasteiger partial charge in [-0.1, -0.05) is 0 Å². The molecule has 0 aliphatic carbocycles. The number of likely N-dealkylation sites (tertiary alicyclic amines) is 1. The fraction of sp³-hybridized carbons (Fsp3) is 1.00. The highest BCUT2D eigenvalue weighted by molar-refractivity contribution is 4.77. The Labute approximate surface area is 107 Å². The molecule has 1 unspecified atom stereocenters. The molecule has 0 N–H and O–H groups in total. The first-order chi connectivity index (χ1) is 8.15. The van der Waals surface area contributed by atoms with Gasteiger partial charge in [-0.2, -0.15) is 0 Å². The molecule has 0 saturated carbocycles. The van der Waals surface area contributed by atoms with Gasteiger partial charge in [-0.3, -0.25) is 4.90 Å². The molecule has 2 rings (SSSR count). The lowest BCUT2D eigenvalue weighted by atomic mass is 10.0. The van der Waals surface area contributed by atoms with E-state index in [-0.39, 0.29) is 0 Å². The van der Waals surface area contributed by atoms with Crippen LogP contribution in [0.1, 0.15) is 26.7 Å². The first-order valence-electron chi connectivity index (χ1n) is 7.30. The fourth-order valence-corrected chi connectivity index (χ4v) is 3.13. The maximum atomic E-state index is 2.66. The quantitative estimate of drug-likeness (QED) is 0.733. The predicted molar refractivity (Wildman–Crippen MR) is 73.4 cm³/mol. The Morgan fingerprint density at radius 2 is 1.76 bits per heavy atom. The first kappa shape index (κ1) is 13.3. The molecule has 2 fully saturated rings. The number of rotatable bonds is 4. The molecule has 3 heteroatoms. The van der Waals surface area contributed by atoms with Gasteiger partial charge in [0.2, 0.25) is 0 Å². The summed E-state index contributed by atoms with van der Waals surface area (Å²) in [5, 5.41) is 0. The molecule has 17 heavy (non-hydrogen) atoms. The molecule has 0 aromatic rings. The Bertz CT molecular complexity index is 222. The largest absolute Gasteiger partial charge is 0.306 e. The van der Waals surface area contributed by atoms with Gasteiger partial charge in [0, 0.05) is 38.8 Å². The van der Waals surface area contributed by atoms with E-state index in [1.807, 2.05) is 0 Å². The highest BCUT2D eigenvalue weighted by Gasteiger charge is 2.22. The summed E-state index contributed by atoms with van der Waals surface area (Å²) in [6.45, 7) is 13.7. The van der Waals surface area contributed by atoms with Gasteiger partial charge in [-0.15, -0.1) is 0 Å². The number of hydrogen-bond donors (Lipinski definition) is 0. The Balaban J connectivity index is 1.61. The number of nitrogens with zero attached hydrogens (tertiary/aromatic N) is 3. The van der Waals surface area contributed by atoms with Crippen LogP contribution < -0.4 is 0 Å². The second kappa shape index (κ2) is 6.17. The van der Waals surface area contributed by atoms with Crippen molar-refractivity contribution in [2.24, 2.45) is 5.92 Å². The summed E-state index contributed by atoms with van der Waals surface area (Å²) in [6, 6.07) is 0.723. The van der Waals surface area contributed by atoms with Crippen molar-refractivity contribution in [1.29, 1.82) is 0 Å². The van der Waals surface area contributed by atoms with Crippen LogP contribution in [0, 0.1) is 5.92 Å². The monoisotopic (exact) mass is 239 g/mol. The molecule has 0 spiro atoms. The average molecular weight is 239 g/mol. The van der Waals surface area contributed by atoms with Gasteiger partial charge in [-0.05, 0) is 52.7 Å². The van der Waals surface area contributed by atoms with Crippen molar-refractivity contribution in [2.45, 2.75) is 32.7 Å². The fourth-order valence-electron chi connectivity index (χ4n) is 3.13. The summed E-state index contributed by atoms with van der Waals surface area (Å²) < 4.78 is 0. The Morgan fingerprint density at radius 1 is 1.06 bits per heavy atom. The standard InChI is InChI=1S/C14H29N3/c1-13(2)17-10-8-16(9-11-17)7-5-14-4-6-15(3)12-14/h13-14H,4-12H2,1-3H3. The summed E-state index contributed by atoms with van der Waals surface area (Å²) in [6.07, 6.45) is 2.83. The second-order valence-electron chi connectivity index (χ2n) is 6.18. The molecule has 3 nitrogen and oxygen atoms in total. The van der Waals surface area contributed by atoms with Gasteiger partial charge in [0.1, 0.15) is 0 Å². The van der Waals surface area contributed by atoms with E-state index in [0.717, 1.165) is 12.0 Å². The summed E-state index contributed by atoms with van der Waals surface area (Å²) in [4.78, 5) is 7.73. The third-order valence-electron chi connectivity index (χ3n) is 4.48. The topological polar surface area (TPSA) is 9.72 Å². The minimum atomic E-state index is 0.723. The Morgan fingerprint density at radius 3 is 2.29 bits per heavy atom. The van der Waals surface area contributed by atoms with Crippen molar-refractivity contribution in [1.82, 2.24) is 14.7 Å². The van der Waals surface area contributed by atoms with Gasteiger partial charge in [0.15, 0.2) is 0 Å². The summed E-state index contributed by atoms with van der Waals surface area (Å²) >= 11 is 0. The van der Waals surface area contributed by atoms with Crippen molar-refractivity contribution in [3.63, 3.8) is 0 Å². The Hall–Kier alpha value is -0.120. The van der Waals surface area contributed by atoms with Crippen LogP contribution >= 0.6 is 0 Å². The lowest BCUT2D eigenvalue weighted by molar-refractivity contribution is 0.104. The summed E-state index contributed by atoms with van der Waals surface area (Å²) in [5.41, 5.74) is 0. The van der Waals surface area contributed by atoms with Gasteiger partial charge in [0.05, 0.1) is 0 Å². The van der Waals surface area contributed by atoms with Gasteiger partial charge in [0.25, 0.3) is 0 Å². The first-order valence-corrected chi connectivity index (χ1v) is 7.30. The van der Waals surface area contributed by atoms with Gasteiger partial charge < -0.3 is 9.80 Å². The summed E-state index contributed by atoms with van der Waals surface area (Å²) in [5.74, 6) is 0.961. The zero-order valence-electron chi connectivity index (χ0n) is 11.9. The van der Waals surface area contributed by atoms with E-state index >= 15 is 0 Å². The smallest absolute Gasteiger partial charge is 0.0113 e. The zero-order chi connectivity index (χ0) is 12.3. The molecular weight excluding hydrogens is 210 g/mol. The lowest BCUT2D eigenvalue weighted by Gasteiger charge is -2.37.